The third kappa shape index (κ3) is 3.46. The van der Waals surface area contributed by atoms with Crippen molar-refractivity contribution < 1.29 is 14.3 Å². The summed E-state index contributed by atoms with van der Waals surface area (Å²) in [5, 5.41) is 0. The molecule has 1 atom stereocenters. The number of allylic oxidation sites excluding steroid dienone is 2. The fourth-order valence-corrected chi connectivity index (χ4v) is 3.59. The average Bonchev–Trinajstić information content (AvgIpc) is 3.26. The van der Waals surface area contributed by atoms with Crippen LogP contribution in [0.25, 0.3) is 0 Å². The number of carbonyl (C=O) groups is 2. The lowest BCUT2D eigenvalue weighted by atomic mass is 9.95. The van der Waals surface area contributed by atoms with E-state index < -0.39 is 0 Å². The van der Waals surface area contributed by atoms with E-state index in [2.05, 4.69) is 12.2 Å². The Kier molecular flexibility index (Phi) is 4.79. The minimum Gasteiger partial charge on any atom is -0.465 e. The molecule has 1 unspecified atom stereocenters. The first-order chi connectivity index (χ1) is 11.2. The van der Waals surface area contributed by atoms with E-state index in [0.29, 0.717) is 17.4 Å². The van der Waals surface area contributed by atoms with Crippen molar-refractivity contribution in [1.29, 1.82) is 0 Å². The van der Waals surface area contributed by atoms with Crippen LogP contribution in [0.4, 0.5) is 0 Å². The first-order valence-corrected chi connectivity index (χ1v) is 8.29. The summed E-state index contributed by atoms with van der Waals surface area (Å²) in [4.78, 5) is 26.3. The highest BCUT2D eigenvalue weighted by Crippen LogP contribution is 2.27. The second-order valence-corrected chi connectivity index (χ2v) is 6.43. The normalized spacial score (nSPS) is 20.9. The van der Waals surface area contributed by atoms with E-state index in [1.165, 1.54) is 7.11 Å². The van der Waals surface area contributed by atoms with Crippen molar-refractivity contribution >= 4 is 11.9 Å². The lowest BCUT2D eigenvalue weighted by Gasteiger charge is -2.20. The third-order valence-corrected chi connectivity index (χ3v) is 4.89. The van der Waals surface area contributed by atoms with Crippen LogP contribution in [0, 0.1) is 11.8 Å². The molecule has 1 aliphatic carbocycles. The number of esters is 1. The summed E-state index contributed by atoms with van der Waals surface area (Å²) in [6.45, 7) is 1.63. The second kappa shape index (κ2) is 6.99. The molecule has 3 rings (SSSR count). The van der Waals surface area contributed by atoms with Crippen LogP contribution in [0.2, 0.25) is 0 Å². The third-order valence-electron chi connectivity index (χ3n) is 4.89. The van der Waals surface area contributed by atoms with Gasteiger partial charge in [0.05, 0.1) is 12.7 Å². The van der Waals surface area contributed by atoms with Crippen molar-refractivity contribution in [2.45, 2.75) is 25.7 Å². The van der Waals surface area contributed by atoms with E-state index in [-0.39, 0.29) is 11.9 Å². The van der Waals surface area contributed by atoms with Crippen molar-refractivity contribution in [3.8, 4) is 0 Å². The lowest BCUT2D eigenvalue weighted by Crippen LogP contribution is -2.33. The Labute approximate surface area is 137 Å². The molecule has 1 aromatic rings. The molecule has 0 N–H and O–H groups in total. The molecule has 2 aliphatic rings. The Morgan fingerprint density at radius 3 is 2.70 bits per heavy atom. The molecule has 1 saturated heterocycles. The van der Waals surface area contributed by atoms with E-state index in [1.54, 1.807) is 0 Å². The molecule has 1 aromatic carbocycles. The Hall–Kier alpha value is -2.10. The van der Waals surface area contributed by atoms with Gasteiger partial charge in [-0.2, -0.15) is 0 Å². The summed E-state index contributed by atoms with van der Waals surface area (Å²) >= 11 is 0. The van der Waals surface area contributed by atoms with E-state index in [9.17, 15) is 9.59 Å². The van der Waals surface area contributed by atoms with Gasteiger partial charge in [0.2, 0.25) is 5.91 Å². The minimum absolute atomic E-state index is 0.149. The summed E-state index contributed by atoms with van der Waals surface area (Å²) in [6.07, 6.45) is 7.78. The first-order valence-electron chi connectivity index (χ1n) is 8.29. The zero-order chi connectivity index (χ0) is 16.2. The van der Waals surface area contributed by atoms with Gasteiger partial charge in [-0.3, -0.25) is 4.79 Å². The van der Waals surface area contributed by atoms with Crippen LogP contribution in [-0.2, 0) is 16.0 Å². The Bertz CT molecular complexity index is 615. The monoisotopic (exact) mass is 313 g/mol. The lowest BCUT2D eigenvalue weighted by molar-refractivity contribution is -0.134. The van der Waals surface area contributed by atoms with Gasteiger partial charge in [0, 0.05) is 19.0 Å². The Morgan fingerprint density at radius 2 is 1.96 bits per heavy atom. The summed E-state index contributed by atoms with van der Waals surface area (Å²) in [5.41, 5.74) is 1.65. The maximum Gasteiger partial charge on any atom is 0.338 e. The number of methoxy groups -OCH3 is 1. The number of hydrogen-bond donors (Lipinski definition) is 0. The highest BCUT2D eigenvalue weighted by Gasteiger charge is 2.31. The van der Waals surface area contributed by atoms with Gasteiger partial charge >= 0.3 is 5.97 Å². The summed E-state index contributed by atoms with van der Waals surface area (Å²) in [6, 6.07) is 7.60. The molecule has 1 aliphatic heterocycles. The van der Waals surface area contributed by atoms with Crippen LogP contribution < -0.4 is 0 Å². The Balaban J connectivity index is 1.62. The van der Waals surface area contributed by atoms with E-state index in [0.717, 1.165) is 44.3 Å². The van der Waals surface area contributed by atoms with Crippen molar-refractivity contribution in [2.75, 3.05) is 20.2 Å². The number of rotatable bonds is 4. The number of nitrogens with zero attached hydrogens (tertiary/aromatic N) is 1. The largest absolute Gasteiger partial charge is 0.465 e. The first kappa shape index (κ1) is 15.8. The second-order valence-electron chi connectivity index (χ2n) is 6.43. The van der Waals surface area contributed by atoms with Gasteiger partial charge in [-0.15, -0.1) is 0 Å². The molecule has 0 radical (unpaired) electrons. The van der Waals surface area contributed by atoms with Crippen LogP contribution in [-0.4, -0.2) is 37.0 Å². The van der Waals surface area contributed by atoms with Crippen LogP contribution in [0.15, 0.2) is 36.4 Å². The SMILES string of the molecule is COC(=O)c1ccccc1CC1CCN(C(=O)C2CC=CC2)C1. The molecule has 1 fully saturated rings. The quantitative estimate of drug-likeness (QED) is 0.634. The van der Waals surface area contributed by atoms with Gasteiger partial charge in [0.15, 0.2) is 0 Å². The van der Waals surface area contributed by atoms with Crippen LogP contribution in [0.5, 0.6) is 0 Å². The van der Waals surface area contributed by atoms with Crippen molar-refractivity contribution in [1.82, 2.24) is 4.90 Å². The number of hydrogen-bond acceptors (Lipinski definition) is 3. The summed E-state index contributed by atoms with van der Waals surface area (Å²) in [5.74, 6) is 0.567. The Morgan fingerprint density at radius 1 is 1.22 bits per heavy atom. The highest BCUT2D eigenvalue weighted by atomic mass is 16.5. The maximum atomic E-state index is 12.5. The number of ether oxygens (including phenoxy) is 1. The minimum atomic E-state index is -0.288. The maximum absolute atomic E-state index is 12.5. The van der Waals surface area contributed by atoms with Crippen LogP contribution in [0.1, 0.15) is 35.2 Å². The standard InChI is InChI=1S/C19H23NO3/c1-23-19(22)17-9-5-4-8-16(17)12-14-10-11-20(13-14)18(21)15-6-2-3-7-15/h2-5,8-9,14-15H,6-7,10-13H2,1H3. The molecule has 122 valence electrons. The molecule has 1 heterocycles. The molecule has 23 heavy (non-hydrogen) atoms. The molecule has 1 amide bonds. The van der Waals surface area contributed by atoms with Crippen molar-refractivity contribution in [3.63, 3.8) is 0 Å². The number of benzene rings is 1. The number of amides is 1. The summed E-state index contributed by atoms with van der Waals surface area (Å²) < 4.78 is 4.86. The van der Waals surface area contributed by atoms with E-state index in [4.69, 9.17) is 4.74 Å². The van der Waals surface area contributed by atoms with Crippen molar-refractivity contribution in [2.24, 2.45) is 11.8 Å². The van der Waals surface area contributed by atoms with Crippen LogP contribution >= 0.6 is 0 Å². The van der Waals surface area contributed by atoms with Gasteiger partial charge in [0.25, 0.3) is 0 Å². The highest BCUT2D eigenvalue weighted by molar-refractivity contribution is 5.91. The predicted octanol–water partition coefficient (Wildman–Crippen LogP) is 2.83. The molecule has 0 aromatic heterocycles. The fourth-order valence-electron chi connectivity index (χ4n) is 3.59. The average molecular weight is 313 g/mol. The van der Waals surface area contributed by atoms with E-state index in [1.807, 2.05) is 29.2 Å². The smallest absolute Gasteiger partial charge is 0.338 e. The fraction of sp³-hybridized carbons (Fsp3) is 0.474. The number of carbonyl (C=O) groups excluding carboxylic acids is 2. The van der Waals surface area contributed by atoms with Gasteiger partial charge in [-0.1, -0.05) is 30.4 Å². The van der Waals surface area contributed by atoms with Gasteiger partial charge in [-0.25, -0.2) is 4.79 Å². The molecule has 4 nitrogen and oxygen atoms in total. The topological polar surface area (TPSA) is 46.6 Å². The molecular formula is C19H23NO3. The molecular weight excluding hydrogens is 290 g/mol. The van der Waals surface area contributed by atoms with E-state index >= 15 is 0 Å². The molecule has 4 heteroatoms. The molecule has 0 spiro atoms. The van der Waals surface area contributed by atoms with Gasteiger partial charge < -0.3 is 9.64 Å². The van der Waals surface area contributed by atoms with Crippen molar-refractivity contribution in [3.05, 3.63) is 47.5 Å². The zero-order valence-corrected chi connectivity index (χ0v) is 13.5. The number of likely N-dealkylation sites (tertiary alicyclic amines) is 1. The van der Waals surface area contributed by atoms with Crippen LogP contribution in [0.3, 0.4) is 0 Å². The molecule has 0 saturated carbocycles. The zero-order valence-electron chi connectivity index (χ0n) is 13.5. The van der Waals surface area contributed by atoms with Gasteiger partial charge in [-0.05, 0) is 43.2 Å². The molecule has 0 bridgehead atoms. The van der Waals surface area contributed by atoms with Gasteiger partial charge in [0.1, 0.15) is 0 Å². The summed E-state index contributed by atoms with van der Waals surface area (Å²) in [7, 11) is 1.41. The predicted molar refractivity (Wildman–Crippen MR) is 88.0 cm³/mol.